The van der Waals surface area contributed by atoms with Gasteiger partial charge in [0.15, 0.2) is 6.10 Å². The highest BCUT2D eigenvalue weighted by atomic mass is 32.2. The zero-order valence-corrected chi connectivity index (χ0v) is 21.6. The molecule has 38 heavy (non-hydrogen) atoms. The van der Waals surface area contributed by atoms with E-state index in [2.05, 4.69) is 5.32 Å². The lowest BCUT2D eigenvalue weighted by molar-refractivity contribution is -0.154. The summed E-state index contributed by atoms with van der Waals surface area (Å²) in [5, 5.41) is 2.09. The van der Waals surface area contributed by atoms with E-state index in [9.17, 15) is 19.2 Å². The van der Waals surface area contributed by atoms with Crippen LogP contribution in [0.5, 0.6) is 0 Å². The number of fused-ring (bicyclic) bond motifs is 1. The predicted molar refractivity (Wildman–Crippen MR) is 141 cm³/mol. The number of hydrogen-bond acceptors (Lipinski definition) is 7. The van der Waals surface area contributed by atoms with Gasteiger partial charge < -0.3 is 19.7 Å². The molecule has 3 aliphatic rings. The van der Waals surface area contributed by atoms with E-state index in [1.807, 2.05) is 60.7 Å². The Morgan fingerprint density at radius 3 is 2.24 bits per heavy atom. The van der Waals surface area contributed by atoms with E-state index >= 15 is 0 Å². The van der Waals surface area contributed by atoms with Crippen LogP contribution in [0, 0.1) is 0 Å². The third kappa shape index (κ3) is 5.26. The lowest BCUT2D eigenvalue weighted by atomic mass is 10.0. The normalized spacial score (nSPS) is 20.9. The average molecular weight is 536 g/mol. The smallest absolute Gasteiger partial charge is 0.410 e. The van der Waals surface area contributed by atoms with Crippen LogP contribution < -0.4 is 5.32 Å². The largest absolute Gasteiger partial charge is 0.448 e. The van der Waals surface area contributed by atoms with E-state index < -0.39 is 35.5 Å². The Balaban J connectivity index is 1.43. The highest BCUT2D eigenvalue weighted by molar-refractivity contribution is 8.00. The Morgan fingerprint density at radius 1 is 1.00 bits per heavy atom. The molecule has 2 fully saturated rings. The van der Waals surface area contributed by atoms with E-state index in [-0.39, 0.29) is 12.3 Å². The minimum absolute atomic E-state index is 0.0750. The van der Waals surface area contributed by atoms with E-state index in [1.165, 1.54) is 16.7 Å². The van der Waals surface area contributed by atoms with Gasteiger partial charge in [-0.1, -0.05) is 60.7 Å². The summed E-state index contributed by atoms with van der Waals surface area (Å²) in [4.78, 5) is 53.5. The van der Waals surface area contributed by atoms with Gasteiger partial charge in [-0.3, -0.25) is 14.5 Å². The van der Waals surface area contributed by atoms with Crippen molar-refractivity contribution in [1.29, 1.82) is 0 Å². The molecule has 2 saturated heterocycles. The van der Waals surface area contributed by atoms with Gasteiger partial charge in [0.1, 0.15) is 23.7 Å². The monoisotopic (exact) mass is 535 g/mol. The fourth-order valence-electron chi connectivity index (χ4n) is 4.94. The van der Waals surface area contributed by atoms with Crippen molar-refractivity contribution in [2.24, 2.45) is 0 Å². The third-order valence-electron chi connectivity index (χ3n) is 6.90. The summed E-state index contributed by atoms with van der Waals surface area (Å²) in [6, 6.07) is 18.0. The summed E-state index contributed by atoms with van der Waals surface area (Å²) in [6.45, 7) is 1.16. The van der Waals surface area contributed by atoms with Gasteiger partial charge in [-0.25, -0.2) is 9.59 Å². The molecule has 1 N–H and O–H groups in total. The number of nitrogens with one attached hydrogen (secondary N) is 1. The molecule has 198 valence electrons. The van der Waals surface area contributed by atoms with Crippen molar-refractivity contribution in [3.8, 4) is 0 Å². The maximum Gasteiger partial charge on any atom is 0.410 e. The molecule has 5 rings (SSSR count). The summed E-state index contributed by atoms with van der Waals surface area (Å²) in [6.07, 6.45) is 2.29. The number of hydrogen-bond donors (Lipinski definition) is 1. The number of thioether (sulfide) groups is 1. The van der Waals surface area contributed by atoms with Gasteiger partial charge in [0, 0.05) is 24.4 Å². The van der Waals surface area contributed by atoms with Crippen molar-refractivity contribution >= 4 is 36.1 Å². The van der Waals surface area contributed by atoms with Crippen molar-refractivity contribution in [3.63, 3.8) is 0 Å². The predicted octanol–water partition coefficient (Wildman–Crippen LogP) is 3.23. The maximum absolute atomic E-state index is 13.8. The molecule has 2 atom stereocenters. The second kappa shape index (κ2) is 11.7. The first-order chi connectivity index (χ1) is 18.6. The summed E-state index contributed by atoms with van der Waals surface area (Å²) in [7, 11) is 0. The van der Waals surface area contributed by atoms with Crippen molar-refractivity contribution in [3.05, 3.63) is 83.1 Å². The molecule has 0 unspecified atom stereocenters. The number of rotatable bonds is 8. The molecular formula is C28H29N3O6S. The fraction of sp³-hybridized carbons (Fsp3) is 0.357. The van der Waals surface area contributed by atoms with Crippen molar-refractivity contribution in [1.82, 2.24) is 15.1 Å². The second-order valence-electron chi connectivity index (χ2n) is 9.33. The van der Waals surface area contributed by atoms with Gasteiger partial charge in [-0.05, 0) is 30.4 Å². The standard InChI is InChI=1S/C28H29N3O6S/c32-18-29-22-25(33)31-23(21(17-38-26(22)31)16-36-28(35)30-14-8-3-9-15-30)27(34)37-24(19-10-4-1-5-11-19)20-12-6-2-7-13-20/h1-2,4-7,10-13,18,22,24,26H,3,8-9,14-17H2,(H,29,32)/t22-,26-/m1/s1. The molecule has 0 bridgehead atoms. The maximum atomic E-state index is 13.8. The van der Waals surface area contributed by atoms with E-state index in [4.69, 9.17) is 9.47 Å². The SMILES string of the molecule is O=CN[C@@H]1C(=O)N2C(C(=O)OC(c3ccccc3)c3ccccc3)=C(COC(=O)N3CCCCC3)CS[C@H]12. The van der Waals surface area contributed by atoms with Crippen LogP contribution in [-0.4, -0.2) is 71.0 Å². The first kappa shape index (κ1) is 25.8. The number of likely N-dealkylation sites (tertiary alicyclic amines) is 1. The van der Waals surface area contributed by atoms with Crippen molar-refractivity contribution < 1.29 is 28.7 Å². The Hall–Kier alpha value is -3.79. The van der Waals surface area contributed by atoms with Crippen molar-refractivity contribution in [2.45, 2.75) is 36.8 Å². The van der Waals surface area contributed by atoms with Crippen LogP contribution in [0.4, 0.5) is 4.79 Å². The van der Waals surface area contributed by atoms with Crippen LogP contribution in [0.2, 0.25) is 0 Å². The summed E-state index contributed by atoms with van der Waals surface area (Å²) in [5.41, 5.74) is 2.14. The Morgan fingerprint density at radius 2 is 1.63 bits per heavy atom. The molecule has 9 nitrogen and oxygen atoms in total. The number of benzene rings is 2. The minimum atomic E-state index is -0.725. The molecule has 2 aromatic carbocycles. The molecular weight excluding hydrogens is 506 g/mol. The first-order valence-corrected chi connectivity index (χ1v) is 13.7. The molecule has 0 saturated carbocycles. The van der Waals surface area contributed by atoms with Gasteiger partial charge >= 0.3 is 12.1 Å². The van der Waals surface area contributed by atoms with Gasteiger partial charge in [0.05, 0.1) is 0 Å². The molecule has 0 spiro atoms. The van der Waals surface area contributed by atoms with Crippen LogP contribution in [0.15, 0.2) is 71.9 Å². The van der Waals surface area contributed by atoms with E-state index in [0.717, 1.165) is 30.4 Å². The quantitative estimate of drug-likeness (QED) is 0.314. The highest BCUT2D eigenvalue weighted by Crippen LogP contribution is 2.41. The minimum Gasteiger partial charge on any atom is -0.448 e. The number of esters is 1. The molecule has 2 aromatic rings. The summed E-state index contributed by atoms with van der Waals surface area (Å²) >= 11 is 1.41. The molecule has 3 amide bonds. The molecule has 3 heterocycles. The summed E-state index contributed by atoms with van der Waals surface area (Å²) in [5.74, 6) is -0.739. The van der Waals surface area contributed by atoms with Crippen LogP contribution >= 0.6 is 11.8 Å². The number of piperidine rings is 1. The second-order valence-corrected chi connectivity index (χ2v) is 10.4. The highest BCUT2D eigenvalue weighted by Gasteiger charge is 2.54. The van der Waals surface area contributed by atoms with E-state index in [1.54, 1.807) is 4.90 Å². The average Bonchev–Trinajstić information content (AvgIpc) is 2.98. The first-order valence-electron chi connectivity index (χ1n) is 12.7. The lowest BCUT2D eigenvalue weighted by Gasteiger charge is -2.49. The third-order valence-corrected chi connectivity index (χ3v) is 8.24. The van der Waals surface area contributed by atoms with Gasteiger partial charge in [-0.2, -0.15) is 0 Å². The number of ether oxygens (including phenoxy) is 2. The van der Waals surface area contributed by atoms with Gasteiger partial charge in [0.2, 0.25) is 6.41 Å². The number of carbonyl (C=O) groups excluding carboxylic acids is 4. The van der Waals surface area contributed by atoms with Crippen molar-refractivity contribution in [2.75, 3.05) is 25.4 Å². The zero-order chi connectivity index (χ0) is 26.5. The Labute approximate surface area is 225 Å². The Bertz CT molecular complexity index is 1180. The zero-order valence-electron chi connectivity index (χ0n) is 20.8. The fourth-order valence-corrected chi connectivity index (χ4v) is 6.28. The number of amides is 3. The van der Waals surface area contributed by atoms with Gasteiger partial charge in [-0.15, -0.1) is 11.8 Å². The van der Waals surface area contributed by atoms with E-state index in [0.29, 0.717) is 30.8 Å². The lowest BCUT2D eigenvalue weighted by Crippen LogP contribution is -2.69. The van der Waals surface area contributed by atoms with Crippen LogP contribution in [0.1, 0.15) is 36.5 Å². The Kier molecular flexibility index (Phi) is 7.97. The number of nitrogens with zero attached hydrogens (tertiary/aromatic N) is 2. The summed E-state index contributed by atoms with van der Waals surface area (Å²) < 4.78 is 11.7. The van der Waals surface area contributed by atoms with Gasteiger partial charge in [0.25, 0.3) is 5.91 Å². The van der Waals surface area contributed by atoms with Crippen LogP contribution in [-0.2, 0) is 23.9 Å². The van der Waals surface area contributed by atoms with Crippen LogP contribution in [0.25, 0.3) is 0 Å². The molecule has 3 aliphatic heterocycles. The number of β-lactam (4-membered cyclic amide) rings is 1. The topological polar surface area (TPSA) is 105 Å². The molecule has 0 aliphatic carbocycles. The molecule has 0 aromatic heterocycles. The molecule has 10 heteroatoms. The number of carbonyl (C=O) groups is 4. The molecule has 0 radical (unpaired) electrons. The van der Waals surface area contributed by atoms with Crippen LogP contribution in [0.3, 0.4) is 0 Å².